The van der Waals surface area contributed by atoms with Crippen LogP contribution >= 0.6 is 0 Å². The van der Waals surface area contributed by atoms with E-state index in [0.717, 1.165) is 29.8 Å². The monoisotopic (exact) mass is 415 g/mol. The number of hydrogen-bond acceptors (Lipinski definition) is 3. The van der Waals surface area contributed by atoms with Gasteiger partial charge in [-0.1, -0.05) is 53.9 Å². The van der Waals surface area contributed by atoms with Gasteiger partial charge in [0.2, 0.25) is 11.8 Å². The number of amides is 2. The first-order valence-corrected chi connectivity index (χ1v) is 11.4. The van der Waals surface area contributed by atoms with Gasteiger partial charge in [-0.3, -0.25) is 9.59 Å². The van der Waals surface area contributed by atoms with Crippen molar-refractivity contribution in [3.8, 4) is 0 Å². The Kier molecular flexibility index (Phi) is 8.34. The van der Waals surface area contributed by atoms with Crippen LogP contribution in [0.15, 0.2) is 18.2 Å². The normalized spacial score (nSPS) is 15.2. The average molecular weight is 416 g/mol. The second-order valence-corrected chi connectivity index (χ2v) is 10.4. The van der Waals surface area contributed by atoms with E-state index in [-0.39, 0.29) is 11.8 Å². The van der Waals surface area contributed by atoms with Crippen LogP contribution in [0.5, 0.6) is 0 Å². The first-order chi connectivity index (χ1) is 14.0. The Morgan fingerprint density at radius 3 is 2.27 bits per heavy atom. The average Bonchev–Trinajstić information content (AvgIpc) is 2.64. The van der Waals surface area contributed by atoms with Gasteiger partial charge in [-0.2, -0.15) is 0 Å². The van der Waals surface area contributed by atoms with Crippen LogP contribution in [0.4, 0.5) is 11.4 Å². The predicted molar refractivity (Wildman–Crippen MR) is 126 cm³/mol. The lowest BCUT2D eigenvalue weighted by Gasteiger charge is -2.39. The van der Waals surface area contributed by atoms with Gasteiger partial charge in [0.1, 0.15) is 0 Å². The Bertz CT molecular complexity index is 728. The number of carbonyl (C=O) groups is 2. The number of rotatable bonds is 7. The third-order valence-electron chi connectivity index (χ3n) is 5.70. The Hall–Kier alpha value is -2.04. The molecule has 2 amide bonds. The van der Waals surface area contributed by atoms with Gasteiger partial charge in [0.25, 0.3) is 0 Å². The molecule has 1 aliphatic rings. The van der Waals surface area contributed by atoms with Crippen molar-refractivity contribution in [2.75, 3.05) is 24.3 Å². The van der Waals surface area contributed by atoms with Crippen LogP contribution in [-0.2, 0) is 16.1 Å². The van der Waals surface area contributed by atoms with Crippen LogP contribution in [-0.4, -0.2) is 36.9 Å². The number of carbonyl (C=O) groups excluding carboxylic acids is 2. The molecular formula is C25H41N3O2. The summed E-state index contributed by atoms with van der Waals surface area (Å²) < 4.78 is 0. The first kappa shape index (κ1) is 24.2. The van der Waals surface area contributed by atoms with Crippen molar-refractivity contribution >= 4 is 23.2 Å². The molecule has 1 saturated carbocycles. The molecule has 1 aliphatic carbocycles. The Balaban J connectivity index is 2.35. The third kappa shape index (κ3) is 6.75. The highest BCUT2D eigenvalue weighted by molar-refractivity contribution is 5.91. The molecule has 5 heteroatoms. The number of hydrogen-bond donors (Lipinski definition) is 1. The molecule has 1 fully saturated rings. The molecule has 1 N–H and O–H groups in total. The highest BCUT2D eigenvalue weighted by Gasteiger charge is 2.33. The number of benzene rings is 1. The zero-order valence-electron chi connectivity index (χ0n) is 20.0. The molecule has 1 aromatic carbocycles. The molecule has 0 atom stereocenters. The van der Waals surface area contributed by atoms with E-state index in [2.05, 4.69) is 15.1 Å². The van der Waals surface area contributed by atoms with Crippen LogP contribution in [0.25, 0.3) is 0 Å². The number of nitrogens with zero attached hydrogens (tertiary/aromatic N) is 2. The van der Waals surface area contributed by atoms with Crippen LogP contribution < -0.4 is 10.2 Å². The summed E-state index contributed by atoms with van der Waals surface area (Å²) in [7, 11) is 4.04. The minimum atomic E-state index is -0.418. The highest BCUT2D eigenvalue weighted by Crippen LogP contribution is 2.32. The van der Waals surface area contributed by atoms with E-state index in [1.54, 1.807) is 0 Å². The molecule has 168 valence electrons. The molecular weight excluding hydrogens is 374 g/mol. The van der Waals surface area contributed by atoms with Crippen LogP contribution in [0.2, 0.25) is 0 Å². The van der Waals surface area contributed by atoms with Gasteiger partial charge >= 0.3 is 0 Å². The lowest BCUT2D eigenvalue weighted by molar-refractivity contribution is -0.143. The van der Waals surface area contributed by atoms with Crippen molar-refractivity contribution in [1.82, 2.24) is 4.90 Å². The van der Waals surface area contributed by atoms with Gasteiger partial charge in [0, 0.05) is 49.9 Å². The zero-order chi connectivity index (χ0) is 22.5. The second-order valence-electron chi connectivity index (χ2n) is 10.4. The second kappa shape index (κ2) is 10.3. The Labute approximate surface area is 183 Å². The minimum Gasteiger partial charge on any atom is -0.377 e. The third-order valence-corrected chi connectivity index (χ3v) is 5.70. The molecule has 0 aromatic heterocycles. The fraction of sp³-hybridized carbons (Fsp3) is 0.680. The van der Waals surface area contributed by atoms with Gasteiger partial charge < -0.3 is 15.1 Å². The Morgan fingerprint density at radius 1 is 1.10 bits per heavy atom. The van der Waals surface area contributed by atoms with Gasteiger partial charge in [0.05, 0.1) is 0 Å². The standard InChI is InChI=1S/C25H41N3O2/c1-18(2)15-23(29)26-20-13-14-22(27(6)7)19(16-20)17-28(24(30)25(3,4)5)21-11-9-8-10-12-21/h13-14,16,18,21H,8-12,15,17H2,1-7H3,(H,26,29). The molecule has 2 rings (SSSR count). The number of anilines is 2. The van der Waals surface area contributed by atoms with Gasteiger partial charge in [0.15, 0.2) is 0 Å². The smallest absolute Gasteiger partial charge is 0.228 e. The van der Waals surface area contributed by atoms with Crippen molar-refractivity contribution in [2.45, 2.75) is 85.7 Å². The maximum absolute atomic E-state index is 13.4. The minimum absolute atomic E-state index is 0.0310. The van der Waals surface area contributed by atoms with Crippen LogP contribution in [0.1, 0.15) is 78.7 Å². The van der Waals surface area contributed by atoms with Gasteiger partial charge in [-0.05, 0) is 42.5 Å². The van der Waals surface area contributed by atoms with E-state index in [1.807, 2.05) is 66.9 Å². The first-order valence-electron chi connectivity index (χ1n) is 11.4. The summed E-state index contributed by atoms with van der Waals surface area (Å²) in [6.45, 7) is 10.7. The number of nitrogens with one attached hydrogen (secondary N) is 1. The zero-order valence-corrected chi connectivity index (χ0v) is 20.0. The quantitative estimate of drug-likeness (QED) is 0.645. The summed E-state index contributed by atoms with van der Waals surface area (Å²) in [4.78, 5) is 29.8. The SMILES string of the molecule is CC(C)CC(=O)Nc1ccc(N(C)C)c(CN(C(=O)C(C)(C)C)C2CCCCC2)c1. The summed E-state index contributed by atoms with van der Waals surface area (Å²) in [5, 5.41) is 3.03. The Morgan fingerprint density at radius 2 is 1.73 bits per heavy atom. The fourth-order valence-electron chi connectivity index (χ4n) is 4.18. The molecule has 0 saturated heterocycles. The van der Waals surface area contributed by atoms with Crippen molar-refractivity contribution in [3.05, 3.63) is 23.8 Å². The molecule has 1 aromatic rings. The molecule has 0 unspecified atom stereocenters. The van der Waals surface area contributed by atoms with E-state index in [1.165, 1.54) is 19.3 Å². The molecule has 0 spiro atoms. The molecule has 0 aliphatic heterocycles. The summed E-state index contributed by atoms with van der Waals surface area (Å²) in [6, 6.07) is 6.33. The van der Waals surface area contributed by atoms with Crippen LogP contribution in [0.3, 0.4) is 0 Å². The van der Waals surface area contributed by atoms with E-state index in [9.17, 15) is 9.59 Å². The molecule has 0 radical (unpaired) electrons. The van der Waals surface area contributed by atoms with Crippen molar-refractivity contribution < 1.29 is 9.59 Å². The highest BCUT2D eigenvalue weighted by atomic mass is 16.2. The van der Waals surface area contributed by atoms with E-state index < -0.39 is 5.41 Å². The topological polar surface area (TPSA) is 52.7 Å². The summed E-state index contributed by atoms with van der Waals surface area (Å²) in [6.07, 6.45) is 6.28. The molecule has 0 bridgehead atoms. The summed E-state index contributed by atoms with van der Waals surface area (Å²) >= 11 is 0. The van der Waals surface area contributed by atoms with Gasteiger partial charge in [-0.15, -0.1) is 0 Å². The largest absolute Gasteiger partial charge is 0.377 e. The molecule has 30 heavy (non-hydrogen) atoms. The lowest BCUT2D eigenvalue weighted by Crippen LogP contribution is -2.46. The van der Waals surface area contributed by atoms with Crippen molar-refractivity contribution in [3.63, 3.8) is 0 Å². The van der Waals surface area contributed by atoms with E-state index >= 15 is 0 Å². The maximum atomic E-state index is 13.4. The summed E-state index contributed by atoms with van der Waals surface area (Å²) in [5.74, 6) is 0.550. The van der Waals surface area contributed by atoms with Crippen molar-refractivity contribution in [2.24, 2.45) is 11.3 Å². The predicted octanol–water partition coefficient (Wildman–Crippen LogP) is 5.44. The maximum Gasteiger partial charge on any atom is 0.228 e. The molecule has 0 heterocycles. The van der Waals surface area contributed by atoms with Gasteiger partial charge in [-0.25, -0.2) is 0 Å². The summed E-state index contributed by atoms with van der Waals surface area (Å²) in [5.41, 5.74) is 2.54. The van der Waals surface area contributed by atoms with E-state index in [4.69, 9.17) is 0 Å². The van der Waals surface area contributed by atoms with Crippen molar-refractivity contribution in [1.29, 1.82) is 0 Å². The van der Waals surface area contributed by atoms with Crippen LogP contribution in [0, 0.1) is 11.3 Å². The fourth-order valence-corrected chi connectivity index (χ4v) is 4.18. The van der Waals surface area contributed by atoms with E-state index in [0.29, 0.717) is 24.9 Å². The molecule has 5 nitrogen and oxygen atoms in total. The lowest BCUT2D eigenvalue weighted by atomic mass is 9.89.